The molecule has 0 aliphatic carbocycles. The number of aromatic nitrogens is 1. The van der Waals surface area contributed by atoms with Crippen molar-refractivity contribution in [1.29, 1.82) is 5.41 Å². The van der Waals surface area contributed by atoms with Crippen molar-refractivity contribution in [3.05, 3.63) is 83.6 Å². The Morgan fingerprint density at radius 1 is 0.971 bits per heavy atom. The Labute approximate surface area is 204 Å². The van der Waals surface area contributed by atoms with Gasteiger partial charge in [-0.3, -0.25) is 5.41 Å². The van der Waals surface area contributed by atoms with Gasteiger partial charge in [-0.25, -0.2) is 4.79 Å². The first kappa shape index (κ1) is 23.7. The summed E-state index contributed by atoms with van der Waals surface area (Å²) in [7, 11) is 5.18. The van der Waals surface area contributed by atoms with Crippen molar-refractivity contribution < 1.29 is 14.3 Å². The summed E-state index contributed by atoms with van der Waals surface area (Å²) < 4.78 is 12.7. The molecule has 0 aliphatic heterocycles. The number of fused-ring (bicyclic) bond motifs is 1. The monoisotopic (exact) mass is 471 g/mol. The Bertz CT molecular complexity index is 1390. The van der Waals surface area contributed by atoms with Crippen LogP contribution in [0.1, 0.15) is 16.7 Å². The van der Waals surface area contributed by atoms with Gasteiger partial charge in [0.05, 0.1) is 19.9 Å². The maximum atomic E-state index is 12.8. The number of amides is 2. The second-order valence-electron chi connectivity index (χ2n) is 8.22. The topological polar surface area (TPSA) is 114 Å². The second-order valence-corrected chi connectivity index (χ2v) is 8.22. The molecule has 5 N–H and O–H groups in total. The summed E-state index contributed by atoms with van der Waals surface area (Å²) in [5, 5.41) is 14.9. The molecule has 0 atom stereocenters. The number of rotatable bonds is 8. The lowest BCUT2D eigenvalue weighted by molar-refractivity contribution is 0.262. The number of hydrogen-bond acceptors (Lipinski definition) is 4. The number of nitrogens with zero attached hydrogens (tertiary/aromatic N) is 1. The van der Waals surface area contributed by atoms with Crippen LogP contribution in [0.5, 0.6) is 11.5 Å². The fraction of sp³-hybridized carbons (Fsp3) is 0.185. The van der Waals surface area contributed by atoms with Gasteiger partial charge in [0.25, 0.3) is 0 Å². The Hall–Kier alpha value is -4.46. The average molecular weight is 472 g/mol. The van der Waals surface area contributed by atoms with E-state index < -0.39 is 6.03 Å². The minimum absolute atomic E-state index is 0.103. The molecular formula is C27H29N5O3. The van der Waals surface area contributed by atoms with Crippen molar-refractivity contribution in [2.24, 2.45) is 12.8 Å². The molecule has 0 fully saturated rings. The number of hydrogen-bond donors (Lipinski definition) is 4. The summed E-state index contributed by atoms with van der Waals surface area (Å²) in [6.07, 6.45) is 3.31. The van der Waals surface area contributed by atoms with Gasteiger partial charge in [0, 0.05) is 35.4 Å². The normalized spacial score (nSPS) is 10.7. The fourth-order valence-electron chi connectivity index (χ4n) is 4.19. The van der Waals surface area contributed by atoms with Crippen LogP contribution in [0.3, 0.4) is 0 Å². The van der Waals surface area contributed by atoms with Gasteiger partial charge < -0.3 is 30.4 Å². The molecule has 4 aromatic rings. The number of aryl methyl sites for hydroxylation is 3. The maximum Gasteiger partial charge on any atom is 0.323 e. The number of nitrogens with one attached hydrogen (secondary N) is 3. The van der Waals surface area contributed by atoms with Gasteiger partial charge >= 0.3 is 6.03 Å². The van der Waals surface area contributed by atoms with Crippen molar-refractivity contribution in [2.75, 3.05) is 24.9 Å². The lowest BCUT2D eigenvalue weighted by Crippen LogP contribution is -2.23. The third kappa shape index (κ3) is 5.22. The Kier molecular flexibility index (Phi) is 6.91. The van der Waals surface area contributed by atoms with E-state index in [1.165, 1.54) is 0 Å². The van der Waals surface area contributed by atoms with Gasteiger partial charge in [0.2, 0.25) is 0 Å². The number of nitrogen functional groups attached to an aromatic ring is 1. The molecule has 4 rings (SSSR count). The molecule has 3 aromatic carbocycles. The number of ether oxygens (including phenoxy) is 2. The highest BCUT2D eigenvalue weighted by Crippen LogP contribution is 2.29. The van der Waals surface area contributed by atoms with Crippen LogP contribution in [0, 0.1) is 5.41 Å². The summed E-state index contributed by atoms with van der Waals surface area (Å²) in [6, 6.07) is 18.6. The summed E-state index contributed by atoms with van der Waals surface area (Å²) in [4.78, 5) is 12.8. The minimum atomic E-state index is -0.403. The van der Waals surface area contributed by atoms with Gasteiger partial charge in [-0.2, -0.15) is 0 Å². The smallest absolute Gasteiger partial charge is 0.323 e. The lowest BCUT2D eigenvalue weighted by atomic mass is 9.97. The zero-order chi connectivity index (χ0) is 24.9. The van der Waals surface area contributed by atoms with Gasteiger partial charge in [-0.05, 0) is 66.4 Å². The first-order valence-corrected chi connectivity index (χ1v) is 11.2. The first-order valence-electron chi connectivity index (χ1n) is 11.2. The summed E-state index contributed by atoms with van der Waals surface area (Å²) in [5.74, 6) is 1.23. The van der Waals surface area contributed by atoms with E-state index in [2.05, 4.69) is 10.6 Å². The molecule has 0 aliphatic rings. The molecule has 0 radical (unpaired) electrons. The number of urea groups is 1. The zero-order valence-corrected chi connectivity index (χ0v) is 20.0. The number of benzene rings is 3. The standard InChI is InChI=1S/C27H29N5O3/c1-32-14-13-19-16-20(10-11-22(19)32)30-27(33)31-21-6-4-5-18(25(21)26(28)29)9-7-17-8-12-23(34-2)24(15-17)35-3/h4-6,8,10-16H,7,9H2,1-3H3,(H3,28,29)(H2,30,31,33). The van der Waals surface area contributed by atoms with E-state index in [-0.39, 0.29) is 5.84 Å². The molecule has 0 saturated carbocycles. The number of carbonyl (C=O) groups excluding carboxylic acids is 1. The number of nitrogens with two attached hydrogens (primary N) is 1. The Morgan fingerprint density at radius 2 is 1.77 bits per heavy atom. The highest BCUT2D eigenvalue weighted by atomic mass is 16.5. The van der Waals surface area contributed by atoms with E-state index in [4.69, 9.17) is 20.6 Å². The average Bonchev–Trinajstić information content (AvgIpc) is 3.22. The number of carbonyl (C=O) groups is 1. The molecule has 8 nitrogen and oxygen atoms in total. The Morgan fingerprint density at radius 3 is 2.51 bits per heavy atom. The lowest BCUT2D eigenvalue weighted by Gasteiger charge is -2.16. The van der Waals surface area contributed by atoms with Crippen molar-refractivity contribution in [1.82, 2.24) is 4.57 Å². The van der Waals surface area contributed by atoms with E-state index in [0.717, 1.165) is 22.0 Å². The van der Waals surface area contributed by atoms with Crippen LogP contribution in [0.2, 0.25) is 0 Å². The van der Waals surface area contributed by atoms with Crippen LogP contribution >= 0.6 is 0 Å². The Balaban J connectivity index is 1.50. The van der Waals surface area contributed by atoms with Crippen LogP contribution in [-0.4, -0.2) is 30.7 Å². The first-order chi connectivity index (χ1) is 16.9. The van der Waals surface area contributed by atoms with Crippen LogP contribution in [-0.2, 0) is 19.9 Å². The second kappa shape index (κ2) is 10.2. The van der Waals surface area contributed by atoms with E-state index >= 15 is 0 Å². The fourth-order valence-corrected chi connectivity index (χ4v) is 4.19. The summed E-state index contributed by atoms with van der Waals surface area (Å²) in [5.41, 5.74) is 10.6. The minimum Gasteiger partial charge on any atom is -0.493 e. The number of methoxy groups -OCH3 is 2. The molecule has 0 spiro atoms. The van der Waals surface area contributed by atoms with Gasteiger partial charge in [0.15, 0.2) is 11.5 Å². The molecule has 2 amide bonds. The quantitative estimate of drug-likeness (QED) is 0.216. The molecule has 1 aromatic heterocycles. The van der Waals surface area contributed by atoms with Crippen molar-refractivity contribution in [3.63, 3.8) is 0 Å². The predicted octanol–water partition coefficient (Wildman–Crippen LogP) is 4.91. The molecule has 1 heterocycles. The highest BCUT2D eigenvalue weighted by molar-refractivity contribution is 6.08. The van der Waals surface area contributed by atoms with E-state index in [1.54, 1.807) is 20.3 Å². The molecular weight excluding hydrogens is 442 g/mol. The zero-order valence-electron chi connectivity index (χ0n) is 20.0. The van der Waals surface area contributed by atoms with Crippen molar-refractivity contribution >= 4 is 34.1 Å². The van der Waals surface area contributed by atoms with E-state index in [0.29, 0.717) is 41.3 Å². The SMILES string of the molecule is COc1ccc(CCc2cccc(NC(=O)Nc3ccc4c(ccn4C)c3)c2C(=N)N)cc1OC. The third-order valence-electron chi connectivity index (χ3n) is 5.94. The van der Waals surface area contributed by atoms with Crippen molar-refractivity contribution in [2.45, 2.75) is 12.8 Å². The molecule has 8 heteroatoms. The number of amidine groups is 1. The molecule has 0 unspecified atom stereocenters. The van der Waals surface area contributed by atoms with E-state index in [1.807, 2.05) is 72.4 Å². The molecule has 180 valence electrons. The van der Waals surface area contributed by atoms with Crippen LogP contribution < -0.4 is 25.8 Å². The molecule has 35 heavy (non-hydrogen) atoms. The maximum absolute atomic E-state index is 12.8. The molecule has 0 bridgehead atoms. The largest absolute Gasteiger partial charge is 0.493 e. The van der Waals surface area contributed by atoms with Crippen LogP contribution in [0.4, 0.5) is 16.2 Å². The summed E-state index contributed by atoms with van der Waals surface area (Å²) in [6.45, 7) is 0. The highest BCUT2D eigenvalue weighted by Gasteiger charge is 2.15. The van der Waals surface area contributed by atoms with Crippen LogP contribution in [0.15, 0.2) is 66.9 Å². The predicted molar refractivity (Wildman–Crippen MR) is 140 cm³/mol. The van der Waals surface area contributed by atoms with Crippen LogP contribution in [0.25, 0.3) is 10.9 Å². The van der Waals surface area contributed by atoms with Crippen molar-refractivity contribution in [3.8, 4) is 11.5 Å². The third-order valence-corrected chi connectivity index (χ3v) is 5.94. The van der Waals surface area contributed by atoms with Gasteiger partial charge in [-0.15, -0.1) is 0 Å². The van der Waals surface area contributed by atoms with E-state index in [9.17, 15) is 4.79 Å². The molecule has 0 saturated heterocycles. The number of anilines is 2. The van der Waals surface area contributed by atoms with Gasteiger partial charge in [-0.1, -0.05) is 18.2 Å². The summed E-state index contributed by atoms with van der Waals surface area (Å²) >= 11 is 0. The van der Waals surface area contributed by atoms with Gasteiger partial charge in [0.1, 0.15) is 5.84 Å².